The van der Waals surface area contributed by atoms with E-state index < -0.39 is 12.1 Å². The lowest BCUT2D eigenvalue weighted by atomic mass is 10.1. The van der Waals surface area contributed by atoms with Gasteiger partial charge in [0.1, 0.15) is 0 Å². The maximum Gasteiger partial charge on any atom is 0.337 e. The van der Waals surface area contributed by atoms with Crippen molar-refractivity contribution in [2.45, 2.75) is 12.5 Å². The van der Waals surface area contributed by atoms with Gasteiger partial charge in [0, 0.05) is 0 Å². The molecule has 0 saturated heterocycles. The summed E-state index contributed by atoms with van der Waals surface area (Å²) in [6.07, 6.45) is -1.41. The molecule has 1 atom stereocenters. The summed E-state index contributed by atoms with van der Waals surface area (Å²) in [5.41, 5.74) is 0.981. The third kappa shape index (κ3) is 3.06. The van der Waals surface area contributed by atoms with Gasteiger partial charge in [0.25, 0.3) is 0 Å². The number of aliphatic hydroxyl groups is 1. The van der Waals surface area contributed by atoms with Gasteiger partial charge in [0.05, 0.1) is 13.5 Å². The summed E-state index contributed by atoms with van der Waals surface area (Å²) in [5.74, 6) is -1.67. The zero-order valence-electron chi connectivity index (χ0n) is 8.71. The van der Waals surface area contributed by atoms with Crippen LogP contribution in [0.5, 0.6) is 0 Å². The fraction of sp³-hybridized carbons (Fsp3) is 0.273. The first-order valence-electron chi connectivity index (χ1n) is 4.61. The van der Waals surface area contributed by atoms with Gasteiger partial charge in [0.15, 0.2) is 6.10 Å². The standard InChI is InChI=1S/C11H12O5/c1-16-9(12)6-7-2-4-8(5-3-7)10(13)11(14)15/h2-5,10,13H,6H2,1H3,(H,14,15). The van der Waals surface area contributed by atoms with E-state index in [-0.39, 0.29) is 18.0 Å². The number of hydrogen-bond acceptors (Lipinski definition) is 4. The predicted molar refractivity (Wildman–Crippen MR) is 54.8 cm³/mol. The Balaban J connectivity index is 2.75. The zero-order valence-corrected chi connectivity index (χ0v) is 8.71. The van der Waals surface area contributed by atoms with Gasteiger partial charge in [-0.3, -0.25) is 4.79 Å². The molecule has 1 aromatic carbocycles. The van der Waals surface area contributed by atoms with Gasteiger partial charge in [-0.2, -0.15) is 0 Å². The molecule has 0 fully saturated rings. The van der Waals surface area contributed by atoms with Crippen LogP contribution in [0.1, 0.15) is 17.2 Å². The molecular formula is C11H12O5. The second-order valence-corrected chi connectivity index (χ2v) is 3.24. The maximum absolute atomic E-state index is 10.9. The van der Waals surface area contributed by atoms with Crippen molar-refractivity contribution < 1.29 is 24.5 Å². The van der Waals surface area contributed by atoms with Crippen molar-refractivity contribution in [3.8, 4) is 0 Å². The Morgan fingerprint density at radius 2 is 1.88 bits per heavy atom. The van der Waals surface area contributed by atoms with Gasteiger partial charge in [-0.25, -0.2) is 4.79 Å². The van der Waals surface area contributed by atoms with Gasteiger partial charge in [-0.05, 0) is 11.1 Å². The number of ether oxygens (including phenoxy) is 1. The van der Waals surface area contributed by atoms with Crippen LogP contribution in [0.3, 0.4) is 0 Å². The molecule has 0 aliphatic rings. The molecule has 16 heavy (non-hydrogen) atoms. The summed E-state index contributed by atoms with van der Waals surface area (Å²) in [6, 6.07) is 6.10. The Bertz CT molecular complexity index is 382. The van der Waals surface area contributed by atoms with Crippen molar-refractivity contribution in [1.82, 2.24) is 0 Å². The molecule has 5 heteroatoms. The first-order valence-corrected chi connectivity index (χ1v) is 4.61. The second kappa shape index (κ2) is 5.27. The lowest BCUT2D eigenvalue weighted by molar-refractivity contribution is -0.147. The molecule has 0 aliphatic carbocycles. The number of carboxylic acids is 1. The third-order valence-electron chi connectivity index (χ3n) is 2.11. The number of carbonyl (C=O) groups is 2. The van der Waals surface area contributed by atoms with Crippen molar-refractivity contribution in [1.29, 1.82) is 0 Å². The first-order chi connectivity index (χ1) is 7.54. The number of methoxy groups -OCH3 is 1. The topological polar surface area (TPSA) is 83.8 Å². The molecule has 0 radical (unpaired) electrons. The fourth-order valence-corrected chi connectivity index (χ4v) is 1.20. The Morgan fingerprint density at radius 1 is 1.31 bits per heavy atom. The van der Waals surface area contributed by atoms with E-state index in [9.17, 15) is 14.7 Å². The number of carboxylic acid groups (broad SMARTS) is 1. The summed E-state index contributed by atoms with van der Waals surface area (Å²) in [4.78, 5) is 21.4. The van der Waals surface area contributed by atoms with Crippen LogP contribution in [-0.2, 0) is 20.7 Å². The molecule has 1 rings (SSSR count). The largest absolute Gasteiger partial charge is 0.479 e. The summed E-state index contributed by atoms with van der Waals surface area (Å²) >= 11 is 0. The molecule has 0 bridgehead atoms. The minimum absolute atomic E-state index is 0.125. The molecule has 0 aromatic heterocycles. The second-order valence-electron chi connectivity index (χ2n) is 3.24. The van der Waals surface area contributed by atoms with Crippen LogP contribution in [0, 0.1) is 0 Å². The molecule has 1 aromatic rings. The number of carbonyl (C=O) groups excluding carboxylic acids is 1. The van der Waals surface area contributed by atoms with Crippen molar-refractivity contribution >= 4 is 11.9 Å². The lowest BCUT2D eigenvalue weighted by Crippen LogP contribution is -2.10. The maximum atomic E-state index is 10.9. The highest BCUT2D eigenvalue weighted by Gasteiger charge is 2.15. The Labute approximate surface area is 92.3 Å². The number of rotatable bonds is 4. The van der Waals surface area contributed by atoms with Gasteiger partial charge in [-0.15, -0.1) is 0 Å². The van der Waals surface area contributed by atoms with E-state index in [2.05, 4.69) is 4.74 Å². The zero-order chi connectivity index (χ0) is 12.1. The average molecular weight is 224 g/mol. The summed E-state index contributed by atoms with van der Waals surface area (Å²) < 4.78 is 4.49. The van der Waals surface area contributed by atoms with E-state index in [1.165, 1.54) is 19.2 Å². The SMILES string of the molecule is COC(=O)Cc1ccc(C(O)C(=O)O)cc1. The molecule has 86 valence electrons. The average Bonchev–Trinajstić information content (AvgIpc) is 2.28. The minimum atomic E-state index is -1.54. The van der Waals surface area contributed by atoms with E-state index in [0.29, 0.717) is 5.56 Å². The molecule has 0 heterocycles. The molecular weight excluding hydrogens is 212 g/mol. The molecule has 0 aliphatic heterocycles. The van der Waals surface area contributed by atoms with E-state index in [1.807, 2.05) is 0 Å². The van der Waals surface area contributed by atoms with Crippen molar-refractivity contribution in [2.75, 3.05) is 7.11 Å². The monoisotopic (exact) mass is 224 g/mol. The fourth-order valence-electron chi connectivity index (χ4n) is 1.20. The normalized spacial score (nSPS) is 11.9. The van der Waals surface area contributed by atoms with Crippen LogP contribution in [0.15, 0.2) is 24.3 Å². The number of aliphatic carboxylic acids is 1. The summed E-state index contributed by atoms with van der Waals surface area (Å²) in [7, 11) is 1.30. The molecule has 2 N–H and O–H groups in total. The third-order valence-corrected chi connectivity index (χ3v) is 2.11. The molecule has 1 unspecified atom stereocenters. The summed E-state index contributed by atoms with van der Waals surface area (Å²) in [6.45, 7) is 0. The molecule has 0 saturated carbocycles. The van der Waals surface area contributed by atoms with E-state index in [0.717, 1.165) is 0 Å². The highest BCUT2D eigenvalue weighted by Crippen LogP contribution is 2.14. The Morgan fingerprint density at radius 3 is 2.31 bits per heavy atom. The number of esters is 1. The first kappa shape index (κ1) is 12.2. The minimum Gasteiger partial charge on any atom is -0.479 e. The smallest absolute Gasteiger partial charge is 0.337 e. The van der Waals surface area contributed by atoms with Crippen LogP contribution < -0.4 is 0 Å². The van der Waals surface area contributed by atoms with Crippen LogP contribution >= 0.6 is 0 Å². The van der Waals surface area contributed by atoms with Gasteiger partial charge >= 0.3 is 11.9 Å². The molecule has 0 spiro atoms. The van der Waals surface area contributed by atoms with Crippen LogP contribution in [0.25, 0.3) is 0 Å². The van der Waals surface area contributed by atoms with Crippen LogP contribution in [0.2, 0.25) is 0 Å². The molecule has 0 amide bonds. The van der Waals surface area contributed by atoms with Gasteiger partial charge < -0.3 is 14.9 Å². The van der Waals surface area contributed by atoms with Crippen LogP contribution in [0.4, 0.5) is 0 Å². The van der Waals surface area contributed by atoms with E-state index in [1.54, 1.807) is 12.1 Å². The van der Waals surface area contributed by atoms with Crippen LogP contribution in [-0.4, -0.2) is 29.3 Å². The Kier molecular flexibility index (Phi) is 4.02. The van der Waals surface area contributed by atoms with Gasteiger partial charge in [0.2, 0.25) is 0 Å². The number of hydrogen-bond donors (Lipinski definition) is 2. The van der Waals surface area contributed by atoms with Gasteiger partial charge in [-0.1, -0.05) is 24.3 Å². The number of aliphatic hydroxyl groups excluding tert-OH is 1. The quantitative estimate of drug-likeness (QED) is 0.728. The molecule has 5 nitrogen and oxygen atoms in total. The van der Waals surface area contributed by atoms with E-state index in [4.69, 9.17) is 5.11 Å². The van der Waals surface area contributed by atoms with E-state index >= 15 is 0 Å². The van der Waals surface area contributed by atoms with Crippen molar-refractivity contribution in [3.63, 3.8) is 0 Å². The highest BCUT2D eigenvalue weighted by atomic mass is 16.5. The number of benzene rings is 1. The summed E-state index contributed by atoms with van der Waals surface area (Å²) in [5, 5.41) is 17.8. The predicted octanol–water partition coefficient (Wildman–Crippen LogP) is 0.520. The lowest BCUT2D eigenvalue weighted by Gasteiger charge is -2.06. The Hall–Kier alpha value is -1.88. The van der Waals surface area contributed by atoms with Crippen molar-refractivity contribution in [3.05, 3.63) is 35.4 Å². The highest BCUT2D eigenvalue weighted by molar-refractivity contribution is 5.74. The van der Waals surface area contributed by atoms with Crippen molar-refractivity contribution in [2.24, 2.45) is 0 Å².